The Bertz CT molecular complexity index is 1360. The summed E-state index contributed by atoms with van der Waals surface area (Å²) in [5.41, 5.74) is 7.61. The summed E-state index contributed by atoms with van der Waals surface area (Å²) in [4.78, 5) is 21.6. The van der Waals surface area contributed by atoms with Crippen molar-refractivity contribution in [2.24, 2.45) is 13.0 Å². The molecule has 1 N–H and O–H groups in total. The number of carbonyl (C=O) groups excluding carboxylic acids is 1. The molecule has 7 nitrogen and oxygen atoms in total. The molecule has 0 aliphatic heterocycles. The molecule has 0 aliphatic carbocycles. The molecular weight excluding hydrogens is 426 g/mol. The Morgan fingerprint density at radius 1 is 1.09 bits per heavy atom. The van der Waals surface area contributed by atoms with Gasteiger partial charge in [0.2, 0.25) is 5.91 Å². The third-order valence-electron chi connectivity index (χ3n) is 5.91. The summed E-state index contributed by atoms with van der Waals surface area (Å²) in [5.74, 6) is 0.634. The van der Waals surface area contributed by atoms with E-state index in [-0.39, 0.29) is 11.8 Å². The van der Waals surface area contributed by atoms with E-state index in [1.54, 1.807) is 6.20 Å². The molecule has 0 unspecified atom stereocenters. The quantitative estimate of drug-likeness (QED) is 0.431. The first-order chi connectivity index (χ1) is 16.2. The van der Waals surface area contributed by atoms with Crippen LogP contribution in [0.4, 0.5) is 0 Å². The van der Waals surface area contributed by atoms with Crippen molar-refractivity contribution in [3.63, 3.8) is 0 Å². The number of fused-ring (bicyclic) bond motifs is 1. The number of hydrogen-bond acceptors (Lipinski definition) is 5. The Morgan fingerprint density at radius 3 is 2.56 bits per heavy atom. The standard InChI is InChI=1S/C27H31N5O2/c1-16(2)27(33)28-14-23-22(17(3)12-18(4)30-23)15-34-25-9-7-8-20-21(13-19(5)31-26(20)25)24-10-11-29-32(24)6/h7-13,16H,14-15H2,1-6H3,(H,28,33). The number of aryl methyl sites for hydroxylation is 4. The van der Waals surface area contributed by atoms with Gasteiger partial charge in [-0.1, -0.05) is 26.0 Å². The second-order valence-electron chi connectivity index (χ2n) is 8.97. The Labute approximate surface area is 200 Å². The van der Waals surface area contributed by atoms with Gasteiger partial charge in [0.15, 0.2) is 0 Å². The van der Waals surface area contributed by atoms with Crippen molar-refractivity contribution in [2.75, 3.05) is 0 Å². The molecule has 7 heteroatoms. The van der Waals surface area contributed by atoms with E-state index in [0.717, 1.165) is 50.4 Å². The van der Waals surface area contributed by atoms with Crippen LogP contribution < -0.4 is 10.1 Å². The molecular formula is C27H31N5O2. The molecule has 1 amide bonds. The second-order valence-corrected chi connectivity index (χ2v) is 8.97. The topological polar surface area (TPSA) is 81.9 Å². The number of hydrogen-bond donors (Lipinski definition) is 1. The molecule has 1 aromatic carbocycles. The fourth-order valence-electron chi connectivity index (χ4n) is 4.13. The first kappa shape index (κ1) is 23.4. The average molecular weight is 458 g/mol. The molecule has 4 rings (SSSR count). The van der Waals surface area contributed by atoms with Crippen molar-refractivity contribution in [2.45, 2.75) is 47.8 Å². The van der Waals surface area contributed by atoms with Gasteiger partial charge in [0.1, 0.15) is 17.9 Å². The number of pyridine rings is 2. The van der Waals surface area contributed by atoms with Gasteiger partial charge in [-0.25, -0.2) is 4.98 Å². The van der Waals surface area contributed by atoms with Crippen LogP contribution in [0.25, 0.3) is 22.2 Å². The van der Waals surface area contributed by atoms with Gasteiger partial charge in [-0.05, 0) is 50.6 Å². The SMILES string of the molecule is Cc1cc(C)c(COc2cccc3c(-c4ccnn4C)cc(C)nc23)c(CNC(=O)C(C)C)n1. The highest BCUT2D eigenvalue weighted by molar-refractivity contribution is 5.97. The molecule has 0 bridgehead atoms. The normalized spacial score (nSPS) is 11.3. The number of aromatic nitrogens is 4. The van der Waals surface area contributed by atoms with Crippen LogP contribution in [-0.2, 0) is 25.0 Å². The van der Waals surface area contributed by atoms with Gasteiger partial charge in [-0.3, -0.25) is 14.5 Å². The van der Waals surface area contributed by atoms with E-state index in [1.165, 1.54) is 0 Å². The molecule has 0 saturated carbocycles. The monoisotopic (exact) mass is 457 g/mol. The molecule has 0 saturated heterocycles. The Morgan fingerprint density at radius 2 is 1.85 bits per heavy atom. The molecule has 34 heavy (non-hydrogen) atoms. The molecule has 0 radical (unpaired) electrons. The van der Waals surface area contributed by atoms with Crippen molar-refractivity contribution in [3.8, 4) is 17.0 Å². The number of benzene rings is 1. The van der Waals surface area contributed by atoms with E-state index in [1.807, 2.05) is 70.6 Å². The van der Waals surface area contributed by atoms with E-state index >= 15 is 0 Å². The van der Waals surface area contributed by atoms with Gasteiger partial charge < -0.3 is 10.1 Å². The lowest BCUT2D eigenvalue weighted by molar-refractivity contribution is -0.124. The van der Waals surface area contributed by atoms with Gasteiger partial charge >= 0.3 is 0 Å². The molecule has 0 atom stereocenters. The van der Waals surface area contributed by atoms with Crippen molar-refractivity contribution in [1.82, 2.24) is 25.1 Å². The largest absolute Gasteiger partial charge is 0.487 e. The minimum Gasteiger partial charge on any atom is -0.487 e. The first-order valence-corrected chi connectivity index (χ1v) is 11.5. The number of carbonyl (C=O) groups is 1. The molecule has 0 aliphatic rings. The minimum atomic E-state index is -0.0794. The number of para-hydroxylation sites is 1. The zero-order valence-corrected chi connectivity index (χ0v) is 20.6. The minimum absolute atomic E-state index is 0.00394. The fourth-order valence-corrected chi connectivity index (χ4v) is 4.13. The van der Waals surface area contributed by atoms with Gasteiger partial charge in [0.25, 0.3) is 0 Å². The fraction of sp³-hybridized carbons (Fsp3) is 0.333. The summed E-state index contributed by atoms with van der Waals surface area (Å²) < 4.78 is 8.20. The van der Waals surface area contributed by atoms with Crippen LogP contribution in [0.5, 0.6) is 5.75 Å². The van der Waals surface area contributed by atoms with Gasteiger partial charge in [-0.2, -0.15) is 5.10 Å². The van der Waals surface area contributed by atoms with Gasteiger partial charge in [-0.15, -0.1) is 0 Å². The summed E-state index contributed by atoms with van der Waals surface area (Å²) in [5, 5.41) is 8.31. The number of rotatable bonds is 7. The molecule has 3 aromatic heterocycles. The maximum absolute atomic E-state index is 12.1. The number of nitrogens with one attached hydrogen (secondary N) is 1. The van der Waals surface area contributed by atoms with E-state index in [0.29, 0.717) is 18.9 Å². The van der Waals surface area contributed by atoms with E-state index < -0.39 is 0 Å². The van der Waals surface area contributed by atoms with Crippen LogP contribution in [-0.4, -0.2) is 25.7 Å². The third-order valence-corrected chi connectivity index (χ3v) is 5.91. The zero-order valence-electron chi connectivity index (χ0n) is 20.6. The van der Waals surface area contributed by atoms with Crippen LogP contribution in [0, 0.1) is 26.7 Å². The molecule has 3 heterocycles. The van der Waals surface area contributed by atoms with E-state index in [9.17, 15) is 4.79 Å². The summed E-state index contributed by atoms with van der Waals surface area (Å²) in [7, 11) is 1.93. The number of amides is 1. The van der Waals surface area contributed by atoms with E-state index in [4.69, 9.17) is 14.7 Å². The predicted octanol–water partition coefficient (Wildman–Crippen LogP) is 4.81. The highest BCUT2D eigenvalue weighted by atomic mass is 16.5. The average Bonchev–Trinajstić information content (AvgIpc) is 3.21. The third kappa shape index (κ3) is 4.78. The highest BCUT2D eigenvalue weighted by Crippen LogP contribution is 2.33. The number of nitrogens with zero attached hydrogens (tertiary/aromatic N) is 4. The smallest absolute Gasteiger partial charge is 0.222 e. The maximum atomic E-state index is 12.1. The predicted molar refractivity (Wildman–Crippen MR) is 133 cm³/mol. The molecule has 4 aromatic rings. The molecule has 0 fully saturated rings. The van der Waals surface area contributed by atoms with Gasteiger partial charge in [0.05, 0.1) is 17.9 Å². The highest BCUT2D eigenvalue weighted by Gasteiger charge is 2.16. The van der Waals surface area contributed by atoms with Crippen LogP contribution >= 0.6 is 0 Å². The van der Waals surface area contributed by atoms with Crippen molar-refractivity contribution < 1.29 is 9.53 Å². The summed E-state index contributed by atoms with van der Waals surface area (Å²) in [6.45, 7) is 10.5. The maximum Gasteiger partial charge on any atom is 0.222 e. The zero-order chi connectivity index (χ0) is 24.4. The van der Waals surface area contributed by atoms with Crippen LogP contribution in [0.3, 0.4) is 0 Å². The van der Waals surface area contributed by atoms with Crippen LogP contribution in [0.1, 0.15) is 42.1 Å². The lowest BCUT2D eigenvalue weighted by atomic mass is 10.0. The first-order valence-electron chi connectivity index (χ1n) is 11.5. The van der Waals surface area contributed by atoms with E-state index in [2.05, 4.69) is 22.5 Å². The van der Waals surface area contributed by atoms with Crippen molar-refractivity contribution in [1.29, 1.82) is 0 Å². The number of ether oxygens (including phenoxy) is 1. The summed E-state index contributed by atoms with van der Waals surface area (Å²) >= 11 is 0. The van der Waals surface area contributed by atoms with Crippen LogP contribution in [0.15, 0.2) is 42.6 Å². The van der Waals surface area contributed by atoms with Crippen molar-refractivity contribution >= 4 is 16.8 Å². The van der Waals surface area contributed by atoms with Crippen molar-refractivity contribution in [3.05, 3.63) is 70.8 Å². The lowest BCUT2D eigenvalue weighted by Gasteiger charge is -2.17. The summed E-state index contributed by atoms with van der Waals surface area (Å²) in [6, 6.07) is 12.1. The Hall–Kier alpha value is -3.74. The lowest BCUT2D eigenvalue weighted by Crippen LogP contribution is -2.28. The molecule has 176 valence electrons. The van der Waals surface area contributed by atoms with Gasteiger partial charge in [0, 0.05) is 47.1 Å². The molecule has 0 spiro atoms. The Kier molecular flexibility index (Phi) is 6.63. The Balaban J connectivity index is 1.68. The second kappa shape index (κ2) is 9.63. The van der Waals surface area contributed by atoms with Crippen LogP contribution in [0.2, 0.25) is 0 Å². The summed E-state index contributed by atoms with van der Waals surface area (Å²) in [6.07, 6.45) is 1.80.